The lowest BCUT2D eigenvalue weighted by molar-refractivity contribution is 0.660. The smallest absolute Gasteiger partial charge is 0.235 e. The van der Waals surface area contributed by atoms with Crippen molar-refractivity contribution in [2.45, 2.75) is 57.8 Å². The molecule has 19 aromatic rings. The number of benzene rings is 15. The number of rotatable bonds is 8. The zero-order valence-electron chi connectivity index (χ0n) is 59.8. The van der Waals surface area contributed by atoms with Crippen LogP contribution in [0.25, 0.3) is 183 Å². The van der Waals surface area contributed by atoms with Gasteiger partial charge in [0.05, 0.1) is 44.3 Å². The van der Waals surface area contributed by atoms with Crippen LogP contribution in [0.1, 0.15) is 74.9 Å². The van der Waals surface area contributed by atoms with Crippen molar-refractivity contribution < 1.29 is 0 Å². The fourth-order valence-electron chi connectivity index (χ4n) is 19.1. The van der Waals surface area contributed by atoms with Gasteiger partial charge in [0.15, 0.2) is 0 Å². The summed E-state index contributed by atoms with van der Waals surface area (Å²) in [6.07, 6.45) is 0. The van der Waals surface area contributed by atoms with Gasteiger partial charge in [0.2, 0.25) is 5.95 Å². The molecule has 0 saturated heterocycles. The number of aromatic nitrogens is 5. The quantitative estimate of drug-likeness (QED) is 0.152. The van der Waals surface area contributed by atoms with Gasteiger partial charge in [0.1, 0.15) is 0 Å². The van der Waals surface area contributed by atoms with E-state index in [-0.39, 0.29) is 16.2 Å². The summed E-state index contributed by atoms with van der Waals surface area (Å²) in [7, 11) is 0. The predicted octanol–water partition coefficient (Wildman–Crippen LogP) is 26.2. The van der Waals surface area contributed by atoms with E-state index in [0.29, 0.717) is 5.95 Å². The molecule has 0 saturated carbocycles. The third-order valence-corrected chi connectivity index (χ3v) is 24.5. The highest BCUT2D eigenvalue weighted by molar-refractivity contribution is 6.14. The molecule has 0 fully saturated rings. The number of hydrogen-bond acceptors (Lipinski definition) is 2. The molecule has 106 heavy (non-hydrogen) atoms. The molecule has 5 heteroatoms. The van der Waals surface area contributed by atoms with Crippen LogP contribution in [0, 0.1) is 0 Å². The van der Waals surface area contributed by atoms with Crippen molar-refractivity contribution in [3.8, 4) is 106 Å². The van der Waals surface area contributed by atoms with E-state index < -0.39 is 0 Å². The number of para-hydroxylation sites is 3. The molecule has 500 valence electrons. The number of fused-ring (bicyclic) bond motifs is 19. The largest absolute Gasteiger partial charge is 0.309 e. The molecule has 0 atom stereocenters. The first kappa shape index (κ1) is 60.6. The summed E-state index contributed by atoms with van der Waals surface area (Å²) in [6.45, 7) is 14.2. The first-order chi connectivity index (χ1) is 51.8. The number of hydrogen-bond donors (Lipinski definition) is 0. The summed E-state index contributed by atoms with van der Waals surface area (Å²) in [6, 6.07) is 120. The van der Waals surface area contributed by atoms with E-state index in [2.05, 4.69) is 377 Å². The summed E-state index contributed by atoms with van der Waals surface area (Å²) >= 11 is 0. The summed E-state index contributed by atoms with van der Waals surface area (Å²) < 4.78 is 7.13. The van der Waals surface area contributed by atoms with E-state index in [1.165, 1.54) is 133 Å². The average molecular weight is 1350 g/mol. The fraction of sp³-hybridized carbons (Fsp3) is 0.0891. The van der Waals surface area contributed by atoms with E-state index in [9.17, 15) is 0 Å². The second-order valence-corrected chi connectivity index (χ2v) is 31.2. The topological polar surface area (TPSA) is 40.6 Å². The Morgan fingerprint density at radius 1 is 0.208 bits per heavy atom. The Kier molecular flexibility index (Phi) is 12.6. The van der Waals surface area contributed by atoms with Gasteiger partial charge in [0, 0.05) is 70.9 Å². The van der Waals surface area contributed by atoms with Gasteiger partial charge in [-0.2, -0.15) is 0 Å². The van der Waals surface area contributed by atoms with Crippen LogP contribution in [0.15, 0.2) is 322 Å². The van der Waals surface area contributed by atoms with Gasteiger partial charge in [-0.05, 0) is 214 Å². The average Bonchev–Trinajstić information content (AvgIpc) is 1.57. The Morgan fingerprint density at radius 3 is 0.962 bits per heavy atom. The van der Waals surface area contributed by atoms with Crippen molar-refractivity contribution in [1.29, 1.82) is 0 Å². The molecule has 0 N–H and O–H groups in total. The van der Waals surface area contributed by atoms with Gasteiger partial charge in [-0.15, -0.1) is 0 Å². The first-order valence-electron chi connectivity index (χ1n) is 37.2. The molecular formula is C101H71N5. The predicted molar refractivity (Wildman–Crippen MR) is 442 cm³/mol. The Morgan fingerprint density at radius 2 is 0.519 bits per heavy atom. The van der Waals surface area contributed by atoms with Crippen LogP contribution in [0.5, 0.6) is 0 Å². The summed E-state index contributed by atoms with van der Waals surface area (Å²) in [5, 5.41) is 8.16. The van der Waals surface area contributed by atoms with Gasteiger partial charge in [-0.3, -0.25) is 4.57 Å². The maximum atomic E-state index is 5.79. The van der Waals surface area contributed by atoms with Crippen molar-refractivity contribution in [2.24, 2.45) is 0 Å². The minimum Gasteiger partial charge on any atom is -0.309 e. The SMILES string of the molecule is CC1(C)c2ccccc2-c2ccc(-c3ccc4c(c3)c3ccccc3n4-c3ccc(-c4ccc(-c5nc(-n6c7ccccc7c7cc(-c8ccc9c(c8)C(C)(C)c8ccccc8-9)ccc76)nc6ccc(-n7c8ccccc8c8cc(-c9ccc%10c(c9)C(C)(C)c9ccccc9-%10)ccc87)cc56)cc4)cc3)cc21. The minimum atomic E-state index is -0.109. The molecule has 0 unspecified atom stereocenters. The van der Waals surface area contributed by atoms with Gasteiger partial charge in [-0.1, -0.05) is 260 Å². The highest BCUT2D eigenvalue weighted by Crippen LogP contribution is 2.54. The Bertz CT molecular complexity index is 7030. The minimum absolute atomic E-state index is 0.0727. The molecule has 0 spiro atoms. The molecule has 0 bridgehead atoms. The molecule has 4 heterocycles. The fourth-order valence-corrected chi connectivity index (χ4v) is 19.1. The van der Waals surface area contributed by atoms with E-state index in [1.54, 1.807) is 0 Å². The van der Waals surface area contributed by atoms with Crippen LogP contribution >= 0.6 is 0 Å². The van der Waals surface area contributed by atoms with Crippen molar-refractivity contribution in [2.75, 3.05) is 0 Å². The standard InChI is InChI=1S/C101H71N5/c1-99(2)84-25-13-7-19-71(84)74-46-37-66(56-87(74)99)63-40-50-94-80(53-63)77-22-10-16-28-91(77)104(94)69-43-35-61(36-44-69)60-31-33-62(34-32-60)97-83-59-70(105-92-29-17-11-23-78(92)81-54-64(41-51-95(81)105)67-38-47-75-72-20-8-14-26-85(72)100(3,4)88(75)57-67)45-49-90(83)102-98(103-97)106-93-30-18-12-24-79(93)82-55-65(42-52-96(82)106)68-39-48-76-73-21-9-15-27-86(73)101(5,6)89(76)58-68/h7-59H,1-6H3. The lowest BCUT2D eigenvalue weighted by Crippen LogP contribution is -2.14. The Hall–Kier alpha value is -13.0. The zero-order valence-corrected chi connectivity index (χ0v) is 59.8. The zero-order chi connectivity index (χ0) is 70.6. The second kappa shape index (κ2) is 22.0. The van der Waals surface area contributed by atoms with Crippen LogP contribution in [0.3, 0.4) is 0 Å². The van der Waals surface area contributed by atoms with Crippen LogP contribution < -0.4 is 0 Å². The maximum Gasteiger partial charge on any atom is 0.235 e. The lowest BCUT2D eigenvalue weighted by atomic mass is 9.81. The van der Waals surface area contributed by atoms with Crippen molar-refractivity contribution >= 4 is 76.3 Å². The molecule has 0 aliphatic heterocycles. The summed E-state index contributed by atoms with van der Waals surface area (Å²) in [4.78, 5) is 11.4. The highest BCUT2D eigenvalue weighted by atomic mass is 15.2. The van der Waals surface area contributed by atoms with E-state index in [4.69, 9.17) is 9.97 Å². The third kappa shape index (κ3) is 8.65. The van der Waals surface area contributed by atoms with Gasteiger partial charge in [0.25, 0.3) is 0 Å². The van der Waals surface area contributed by atoms with Crippen LogP contribution in [0.4, 0.5) is 0 Å². The van der Waals surface area contributed by atoms with Crippen LogP contribution in [-0.4, -0.2) is 23.7 Å². The lowest BCUT2D eigenvalue weighted by Gasteiger charge is -2.22. The van der Waals surface area contributed by atoms with Gasteiger partial charge >= 0.3 is 0 Å². The van der Waals surface area contributed by atoms with E-state index in [0.717, 1.165) is 77.5 Å². The highest BCUT2D eigenvalue weighted by Gasteiger charge is 2.38. The molecule has 15 aromatic carbocycles. The van der Waals surface area contributed by atoms with Gasteiger partial charge < -0.3 is 9.13 Å². The van der Waals surface area contributed by atoms with E-state index in [1.807, 2.05) is 0 Å². The van der Waals surface area contributed by atoms with Gasteiger partial charge in [-0.25, -0.2) is 9.97 Å². The molecule has 5 nitrogen and oxygen atoms in total. The molecule has 4 aromatic heterocycles. The molecule has 3 aliphatic rings. The maximum absolute atomic E-state index is 5.79. The Balaban J connectivity index is 0.655. The van der Waals surface area contributed by atoms with Crippen LogP contribution in [-0.2, 0) is 16.2 Å². The Labute approximate surface area is 615 Å². The summed E-state index contributed by atoms with van der Waals surface area (Å²) in [5.74, 6) is 0.619. The monoisotopic (exact) mass is 1350 g/mol. The van der Waals surface area contributed by atoms with Crippen molar-refractivity contribution in [1.82, 2.24) is 23.7 Å². The normalized spacial score (nSPS) is 14.2. The molecule has 3 aliphatic carbocycles. The van der Waals surface area contributed by atoms with Crippen LogP contribution in [0.2, 0.25) is 0 Å². The molecule has 0 radical (unpaired) electrons. The van der Waals surface area contributed by atoms with E-state index >= 15 is 0 Å². The third-order valence-electron chi connectivity index (χ3n) is 24.5. The summed E-state index contributed by atoms with van der Waals surface area (Å²) in [5.41, 5.74) is 37.1. The molecule has 22 rings (SSSR count). The van der Waals surface area contributed by atoms with Crippen molar-refractivity contribution in [3.05, 3.63) is 355 Å². The second-order valence-electron chi connectivity index (χ2n) is 31.2. The molecule has 0 amide bonds. The first-order valence-corrected chi connectivity index (χ1v) is 37.2. The van der Waals surface area contributed by atoms with Crippen molar-refractivity contribution in [3.63, 3.8) is 0 Å². The number of nitrogens with zero attached hydrogens (tertiary/aromatic N) is 5. The molecular weight excluding hydrogens is 1280 g/mol.